The van der Waals surface area contributed by atoms with Crippen molar-refractivity contribution in [1.82, 2.24) is 0 Å². The number of allylic oxidation sites excluding steroid dienone is 2. The topological polar surface area (TPSA) is 26.3 Å². The Kier molecular flexibility index (Phi) is 31.5. The van der Waals surface area contributed by atoms with E-state index in [-0.39, 0.29) is 5.97 Å². The van der Waals surface area contributed by atoms with E-state index in [0.717, 1.165) is 12.8 Å². The molecule has 36 heavy (non-hydrogen) atoms. The maximum absolute atomic E-state index is 11.9. The Balaban J connectivity index is 3.18. The van der Waals surface area contributed by atoms with Gasteiger partial charge in [-0.1, -0.05) is 161 Å². The van der Waals surface area contributed by atoms with Crippen molar-refractivity contribution < 1.29 is 9.53 Å². The molecule has 0 amide bonds. The Morgan fingerprint density at radius 2 is 0.778 bits per heavy atom. The molecule has 2 nitrogen and oxygen atoms in total. The molecule has 0 radical (unpaired) electrons. The quantitative estimate of drug-likeness (QED) is 0.0550. The predicted octanol–water partition coefficient (Wildman–Crippen LogP) is 12.0. The molecule has 0 aliphatic carbocycles. The van der Waals surface area contributed by atoms with Gasteiger partial charge in [0.1, 0.15) is 0 Å². The highest BCUT2D eigenvalue weighted by Gasteiger charge is 2.02. The van der Waals surface area contributed by atoms with E-state index in [2.05, 4.69) is 26.0 Å². The lowest BCUT2D eigenvalue weighted by Gasteiger charge is -2.05. The molecular formula is C34H66O2. The molecular weight excluding hydrogens is 440 g/mol. The number of esters is 1. The molecule has 0 aliphatic rings. The van der Waals surface area contributed by atoms with Crippen LogP contribution >= 0.6 is 0 Å². The third-order valence-electron chi connectivity index (χ3n) is 7.40. The minimum absolute atomic E-state index is 0.0193. The monoisotopic (exact) mass is 507 g/mol. The Bertz CT molecular complexity index is 442. The fourth-order valence-corrected chi connectivity index (χ4v) is 4.89. The van der Waals surface area contributed by atoms with Gasteiger partial charge in [0.2, 0.25) is 0 Å². The molecule has 2 heteroatoms. The van der Waals surface area contributed by atoms with Crippen LogP contribution in [0.5, 0.6) is 0 Å². The number of unbranched alkanes of at least 4 members (excludes halogenated alkanes) is 24. The van der Waals surface area contributed by atoms with E-state index in [0.29, 0.717) is 13.0 Å². The largest absolute Gasteiger partial charge is 0.466 e. The molecule has 0 saturated carbocycles. The van der Waals surface area contributed by atoms with Gasteiger partial charge < -0.3 is 4.74 Å². The van der Waals surface area contributed by atoms with Crippen molar-refractivity contribution in [1.29, 1.82) is 0 Å². The Morgan fingerprint density at radius 1 is 0.444 bits per heavy atom. The van der Waals surface area contributed by atoms with Crippen molar-refractivity contribution in [3.05, 3.63) is 12.2 Å². The third kappa shape index (κ3) is 31.2. The number of ether oxygens (including phenoxy) is 1. The first-order valence-electron chi connectivity index (χ1n) is 16.6. The average Bonchev–Trinajstić information content (AvgIpc) is 2.88. The number of hydrogen-bond acceptors (Lipinski definition) is 2. The summed E-state index contributed by atoms with van der Waals surface area (Å²) in [7, 11) is 0. The van der Waals surface area contributed by atoms with Gasteiger partial charge in [0.05, 0.1) is 6.61 Å². The van der Waals surface area contributed by atoms with E-state index < -0.39 is 0 Å². The molecule has 0 spiro atoms. The van der Waals surface area contributed by atoms with E-state index in [1.165, 1.54) is 161 Å². The third-order valence-corrected chi connectivity index (χ3v) is 7.40. The van der Waals surface area contributed by atoms with Crippen LogP contribution in [0.2, 0.25) is 0 Å². The van der Waals surface area contributed by atoms with Crippen LogP contribution in [0.25, 0.3) is 0 Å². The first kappa shape index (κ1) is 35.2. The second-order valence-corrected chi connectivity index (χ2v) is 11.2. The van der Waals surface area contributed by atoms with Crippen LogP contribution in [0.4, 0.5) is 0 Å². The predicted molar refractivity (Wildman–Crippen MR) is 161 cm³/mol. The smallest absolute Gasteiger partial charge is 0.305 e. The van der Waals surface area contributed by atoms with E-state index in [1.54, 1.807) is 0 Å². The van der Waals surface area contributed by atoms with Gasteiger partial charge in [0, 0.05) is 6.42 Å². The molecule has 0 aliphatic heterocycles. The first-order valence-corrected chi connectivity index (χ1v) is 16.6. The summed E-state index contributed by atoms with van der Waals surface area (Å²) >= 11 is 0. The van der Waals surface area contributed by atoms with Crippen LogP contribution < -0.4 is 0 Å². The van der Waals surface area contributed by atoms with Gasteiger partial charge in [0.25, 0.3) is 0 Å². The zero-order valence-electron chi connectivity index (χ0n) is 25.0. The molecule has 0 atom stereocenters. The summed E-state index contributed by atoms with van der Waals surface area (Å²) in [6, 6.07) is 0. The maximum atomic E-state index is 11.9. The van der Waals surface area contributed by atoms with Crippen molar-refractivity contribution >= 4 is 5.97 Å². The summed E-state index contributed by atoms with van der Waals surface area (Å²) in [6.07, 6.45) is 41.2. The lowest BCUT2D eigenvalue weighted by molar-refractivity contribution is -0.143. The minimum Gasteiger partial charge on any atom is -0.466 e. The Morgan fingerprint density at radius 3 is 1.19 bits per heavy atom. The van der Waals surface area contributed by atoms with Crippen LogP contribution in [-0.4, -0.2) is 12.6 Å². The van der Waals surface area contributed by atoms with Crippen LogP contribution in [-0.2, 0) is 9.53 Å². The zero-order chi connectivity index (χ0) is 26.2. The molecule has 0 fully saturated rings. The van der Waals surface area contributed by atoms with Crippen LogP contribution in [0.1, 0.15) is 194 Å². The van der Waals surface area contributed by atoms with E-state index >= 15 is 0 Å². The lowest BCUT2D eigenvalue weighted by atomic mass is 10.0. The summed E-state index contributed by atoms with van der Waals surface area (Å²) in [5.74, 6) is 0.0193. The first-order chi connectivity index (χ1) is 17.8. The minimum atomic E-state index is 0.0193. The van der Waals surface area contributed by atoms with Gasteiger partial charge in [0.15, 0.2) is 0 Å². The highest BCUT2D eigenvalue weighted by molar-refractivity contribution is 5.69. The van der Waals surface area contributed by atoms with E-state index in [4.69, 9.17) is 4.74 Å². The van der Waals surface area contributed by atoms with E-state index in [1.807, 2.05) is 0 Å². The molecule has 0 aromatic carbocycles. The summed E-state index contributed by atoms with van der Waals surface area (Å²) < 4.78 is 5.42. The summed E-state index contributed by atoms with van der Waals surface area (Å²) in [4.78, 5) is 11.9. The molecule has 0 N–H and O–H groups in total. The lowest BCUT2D eigenvalue weighted by Crippen LogP contribution is -2.05. The second kappa shape index (κ2) is 32.2. The molecule has 0 rings (SSSR count). The van der Waals surface area contributed by atoms with Crippen molar-refractivity contribution in [2.24, 2.45) is 0 Å². The molecule has 0 heterocycles. The van der Waals surface area contributed by atoms with Gasteiger partial charge in [-0.2, -0.15) is 0 Å². The number of hydrogen-bond donors (Lipinski definition) is 0. The Hall–Kier alpha value is -0.790. The van der Waals surface area contributed by atoms with Gasteiger partial charge in [-0.05, 0) is 38.5 Å². The zero-order valence-corrected chi connectivity index (χ0v) is 25.0. The number of rotatable bonds is 30. The molecule has 0 aromatic rings. The average molecular weight is 507 g/mol. The molecule has 214 valence electrons. The van der Waals surface area contributed by atoms with Crippen molar-refractivity contribution in [2.45, 2.75) is 194 Å². The number of carbonyl (C=O) groups excluding carboxylic acids is 1. The fourth-order valence-electron chi connectivity index (χ4n) is 4.89. The maximum Gasteiger partial charge on any atom is 0.305 e. The molecule has 0 unspecified atom stereocenters. The normalized spacial score (nSPS) is 11.5. The van der Waals surface area contributed by atoms with Crippen molar-refractivity contribution in [3.63, 3.8) is 0 Å². The SMILES string of the molecule is CCCCCCCC/C=C\CCCCCCCCOC(=O)CCCCCCCCCCCCCCC. The van der Waals surface area contributed by atoms with Gasteiger partial charge in [-0.15, -0.1) is 0 Å². The van der Waals surface area contributed by atoms with Gasteiger partial charge >= 0.3 is 5.97 Å². The van der Waals surface area contributed by atoms with Crippen LogP contribution in [0, 0.1) is 0 Å². The van der Waals surface area contributed by atoms with Crippen LogP contribution in [0.3, 0.4) is 0 Å². The molecule has 0 saturated heterocycles. The van der Waals surface area contributed by atoms with E-state index in [9.17, 15) is 4.79 Å². The summed E-state index contributed by atoms with van der Waals surface area (Å²) in [6.45, 7) is 5.18. The number of carbonyl (C=O) groups is 1. The second-order valence-electron chi connectivity index (χ2n) is 11.2. The highest BCUT2D eigenvalue weighted by Crippen LogP contribution is 2.14. The standard InChI is InChI=1S/C34H66O2/c1-3-5-7-9-11-13-15-17-18-19-21-23-25-27-29-31-33-36-34(35)32-30-28-26-24-22-20-16-14-12-10-8-6-4-2/h17-18H,3-16,19-33H2,1-2H3/b18-17-. The van der Waals surface area contributed by atoms with Gasteiger partial charge in [-0.3, -0.25) is 4.79 Å². The Labute approximate surface area is 227 Å². The molecule has 0 bridgehead atoms. The molecule has 0 aromatic heterocycles. The summed E-state index contributed by atoms with van der Waals surface area (Å²) in [5.41, 5.74) is 0. The highest BCUT2D eigenvalue weighted by atomic mass is 16.5. The fraction of sp³-hybridized carbons (Fsp3) is 0.912. The van der Waals surface area contributed by atoms with Crippen molar-refractivity contribution in [2.75, 3.05) is 6.61 Å². The summed E-state index contributed by atoms with van der Waals surface area (Å²) in [5, 5.41) is 0. The van der Waals surface area contributed by atoms with Crippen molar-refractivity contribution in [3.8, 4) is 0 Å². The van der Waals surface area contributed by atoms with Crippen LogP contribution in [0.15, 0.2) is 12.2 Å². The van der Waals surface area contributed by atoms with Gasteiger partial charge in [-0.25, -0.2) is 0 Å².